The minimum atomic E-state index is -4.70. The van der Waals surface area contributed by atoms with Crippen molar-refractivity contribution in [2.75, 3.05) is 11.9 Å². The van der Waals surface area contributed by atoms with E-state index < -0.39 is 23.4 Å². The van der Waals surface area contributed by atoms with Crippen LogP contribution in [0.3, 0.4) is 0 Å². The molecule has 0 aliphatic heterocycles. The summed E-state index contributed by atoms with van der Waals surface area (Å²) in [6, 6.07) is 3.35. The second kappa shape index (κ2) is 9.64. The van der Waals surface area contributed by atoms with Gasteiger partial charge in [0.1, 0.15) is 5.82 Å². The highest BCUT2D eigenvalue weighted by Gasteiger charge is 2.32. The Balaban J connectivity index is 1.92. The molecule has 2 heterocycles. The number of aromatic nitrogens is 2. The van der Waals surface area contributed by atoms with Crippen LogP contribution in [0.25, 0.3) is 0 Å². The van der Waals surface area contributed by atoms with Crippen LogP contribution in [-0.4, -0.2) is 28.3 Å². The van der Waals surface area contributed by atoms with Crippen molar-refractivity contribution in [3.63, 3.8) is 0 Å². The van der Waals surface area contributed by atoms with Gasteiger partial charge in [-0.05, 0) is 31.5 Å². The number of carbonyl (C=O) groups excluding carboxylic acids is 2. The van der Waals surface area contributed by atoms with E-state index in [1.54, 1.807) is 26.8 Å². The van der Waals surface area contributed by atoms with E-state index in [-0.39, 0.29) is 42.9 Å². The zero-order valence-electron chi connectivity index (χ0n) is 16.6. The fourth-order valence-corrected chi connectivity index (χ4v) is 2.40. The second-order valence-electron chi connectivity index (χ2n) is 6.91. The first-order chi connectivity index (χ1) is 14.0. The molecule has 0 aromatic carbocycles. The molecule has 0 aliphatic rings. The Morgan fingerprint density at radius 2 is 1.90 bits per heavy atom. The van der Waals surface area contributed by atoms with E-state index in [1.165, 1.54) is 6.07 Å². The fraction of sp³-hybridized carbons (Fsp3) is 0.400. The van der Waals surface area contributed by atoms with Crippen LogP contribution in [0.15, 0.2) is 24.4 Å². The van der Waals surface area contributed by atoms with Gasteiger partial charge in [0.15, 0.2) is 11.6 Å². The number of aryl methyl sites for hydroxylation is 1. The molecule has 1 N–H and O–H groups in total. The molecule has 1 amide bonds. The zero-order chi connectivity index (χ0) is 22.5. The van der Waals surface area contributed by atoms with Crippen LogP contribution < -0.4 is 10.1 Å². The van der Waals surface area contributed by atoms with Gasteiger partial charge < -0.3 is 10.1 Å². The molecule has 0 unspecified atom stereocenters. The van der Waals surface area contributed by atoms with Crippen LogP contribution in [-0.2, 0) is 11.0 Å². The molecular weight excluding hydrogens is 406 g/mol. The number of alkyl halides is 3. The van der Waals surface area contributed by atoms with Gasteiger partial charge in [-0.25, -0.2) is 14.4 Å². The molecule has 0 radical (unpaired) electrons. The Hall–Kier alpha value is -3.04. The van der Waals surface area contributed by atoms with E-state index in [1.807, 2.05) is 0 Å². The highest BCUT2D eigenvalue weighted by atomic mass is 19.4. The van der Waals surface area contributed by atoms with Crippen LogP contribution in [0.1, 0.15) is 48.3 Å². The number of rotatable bonds is 8. The molecule has 0 aliphatic carbocycles. The standard InChI is InChI=1S/C20H21F4N3O3/c1-11(2)18(29)27-17-8-13(7-12(3)26-17)16(28)5-4-6-30-19-15(21)9-14(10-25-19)20(22,23)24/h7-11H,4-6H2,1-3H3,(H,26,27,29). The van der Waals surface area contributed by atoms with Gasteiger partial charge in [0, 0.05) is 29.8 Å². The molecule has 0 saturated heterocycles. The van der Waals surface area contributed by atoms with E-state index in [9.17, 15) is 27.2 Å². The van der Waals surface area contributed by atoms with E-state index in [4.69, 9.17) is 4.74 Å². The Morgan fingerprint density at radius 1 is 1.20 bits per heavy atom. The van der Waals surface area contributed by atoms with Crippen molar-refractivity contribution in [3.8, 4) is 5.88 Å². The predicted octanol–water partition coefficient (Wildman–Crippen LogP) is 4.58. The SMILES string of the molecule is Cc1cc(C(=O)CCCOc2ncc(C(F)(F)F)cc2F)cc(NC(=O)C(C)C)n1. The Kier molecular flexibility index (Phi) is 7.47. The first-order valence-electron chi connectivity index (χ1n) is 9.15. The number of Topliss-reactive ketones (excluding diaryl/α,β-unsaturated/α-hetero) is 1. The maximum absolute atomic E-state index is 13.7. The number of nitrogens with zero attached hydrogens (tertiary/aromatic N) is 2. The lowest BCUT2D eigenvalue weighted by Crippen LogP contribution is -2.19. The van der Waals surface area contributed by atoms with Gasteiger partial charge in [-0.1, -0.05) is 13.8 Å². The average molecular weight is 427 g/mol. The summed E-state index contributed by atoms with van der Waals surface area (Å²) in [6.45, 7) is 5.03. The van der Waals surface area contributed by atoms with Crippen molar-refractivity contribution in [1.82, 2.24) is 9.97 Å². The van der Waals surface area contributed by atoms with Crippen LogP contribution in [0, 0.1) is 18.7 Å². The number of carbonyl (C=O) groups is 2. The summed E-state index contributed by atoms with van der Waals surface area (Å²) in [7, 11) is 0. The Morgan fingerprint density at radius 3 is 2.50 bits per heavy atom. The number of halogens is 4. The number of ketones is 1. The summed E-state index contributed by atoms with van der Waals surface area (Å²) in [5.74, 6) is -2.25. The van der Waals surface area contributed by atoms with Gasteiger partial charge >= 0.3 is 6.18 Å². The maximum atomic E-state index is 13.7. The van der Waals surface area contributed by atoms with Crippen molar-refractivity contribution < 1.29 is 31.9 Å². The van der Waals surface area contributed by atoms with Crippen molar-refractivity contribution in [1.29, 1.82) is 0 Å². The van der Waals surface area contributed by atoms with Crippen molar-refractivity contribution in [2.45, 2.75) is 39.8 Å². The molecule has 2 rings (SSSR count). The minimum Gasteiger partial charge on any atom is -0.476 e. The Bertz CT molecular complexity index is 930. The fourth-order valence-electron chi connectivity index (χ4n) is 2.40. The van der Waals surface area contributed by atoms with Gasteiger partial charge in [-0.15, -0.1) is 0 Å². The van der Waals surface area contributed by atoms with Crippen LogP contribution in [0.2, 0.25) is 0 Å². The first-order valence-corrected chi connectivity index (χ1v) is 9.15. The van der Waals surface area contributed by atoms with Crippen LogP contribution in [0.4, 0.5) is 23.4 Å². The summed E-state index contributed by atoms with van der Waals surface area (Å²) in [6.07, 6.45) is -3.98. The molecule has 6 nitrogen and oxygen atoms in total. The normalized spacial score (nSPS) is 11.5. The molecule has 0 spiro atoms. The summed E-state index contributed by atoms with van der Waals surface area (Å²) >= 11 is 0. The van der Waals surface area contributed by atoms with Gasteiger partial charge in [-0.2, -0.15) is 13.2 Å². The van der Waals surface area contributed by atoms with E-state index >= 15 is 0 Å². The van der Waals surface area contributed by atoms with Gasteiger partial charge in [0.05, 0.1) is 12.2 Å². The van der Waals surface area contributed by atoms with Crippen LogP contribution in [0.5, 0.6) is 5.88 Å². The van der Waals surface area contributed by atoms with Crippen LogP contribution >= 0.6 is 0 Å². The number of anilines is 1. The molecule has 0 fully saturated rings. The van der Waals surface area contributed by atoms with Crippen molar-refractivity contribution in [2.24, 2.45) is 5.92 Å². The largest absolute Gasteiger partial charge is 0.476 e. The van der Waals surface area contributed by atoms with Crippen molar-refractivity contribution >= 4 is 17.5 Å². The lowest BCUT2D eigenvalue weighted by atomic mass is 10.1. The van der Waals surface area contributed by atoms with E-state index in [2.05, 4.69) is 15.3 Å². The third kappa shape index (κ3) is 6.50. The highest BCUT2D eigenvalue weighted by molar-refractivity contribution is 5.98. The number of hydrogen-bond donors (Lipinski definition) is 1. The first kappa shape index (κ1) is 23.2. The lowest BCUT2D eigenvalue weighted by molar-refractivity contribution is -0.138. The summed E-state index contributed by atoms with van der Waals surface area (Å²) in [5.41, 5.74) is -0.316. The number of amides is 1. The summed E-state index contributed by atoms with van der Waals surface area (Å²) < 4.78 is 56.3. The molecular formula is C20H21F4N3O3. The van der Waals surface area contributed by atoms with Gasteiger partial charge in [-0.3, -0.25) is 9.59 Å². The predicted molar refractivity (Wildman–Crippen MR) is 101 cm³/mol. The monoisotopic (exact) mass is 427 g/mol. The highest BCUT2D eigenvalue weighted by Crippen LogP contribution is 2.30. The van der Waals surface area contributed by atoms with Gasteiger partial charge in [0.25, 0.3) is 0 Å². The summed E-state index contributed by atoms with van der Waals surface area (Å²) in [5, 5.41) is 2.63. The maximum Gasteiger partial charge on any atom is 0.417 e. The molecule has 0 atom stereocenters. The Labute approximate surface area is 170 Å². The van der Waals surface area contributed by atoms with E-state index in [0.29, 0.717) is 23.5 Å². The lowest BCUT2D eigenvalue weighted by Gasteiger charge is -2.10. The smallest absolute Gasteiger partial charge is 0.417 e. The molecule has 0 bridgehead atoms. The van der Waals surface area contributed by atoms with Crippen molar-refractivity contribution in [3.05, 3.63) is 47.0 Å². The minimum absolute atomic E-state index is 0.0449. The molecule has 10 heteroatoms. The molecule has 30 heavy (non-hydrogen) atoms. The van der Waals surface area contributed by atoms with Gasteiger partial charge in [0.2, 0.25) is 11.8 Å². The number of pyridine rings is 2. The quantitative estimate of drug-likeness (QED) is 0.379. The average Bonchev–Trinajstić information content (AvgIpc) is 2.64. The molecule has 2 aromatic rings. The van der Waals surface area contributed by atoms with E-state index in [0.717, 1.165) is 0 Å². The topological polar surface area (TPSA) is 81.2 Å². The third-order valence-corrected chi connectivity index (χ3v) is 3.97. The number of nitrogens with one attached hydrogen (secondary N) is 1. The second-order valence-corrected chi connectivity index (χ2v) is 6.91. The summed E-state index contributed by atoms with van der Waals surface area (Å²) in [4.78, 5) is 31.7. The third-order valence-electron chi connectivity index (χ3n) is 3.97. The molecule has 2 aromatic heterocycles. The molecule has 0 saturated carbocycles. The zero-order valence-corrected chi connectivity index (χ0v) is 16.6. The molecule has 162 valence electrons. The number of ether oxygens (including phenoxy) is 1. The number of hydrogen-bond acceptors (Lipinski definition) is 5.